The van der Waals surface area contributed by atoms with Crippen molar-refractivity contribution in [1.82, 2.24) is 14.5 Å². The Bertz CT molecular complexity index is 687. The molecule has 0 bridgehead atoms. The first kappa shape index (κ1) is 20.8. The number of benzene rings is 1. The smallest absolute Gasteiger partial charge is 0.243 e. The van der Waals surface area contributed by atoms with E-state index in [2.05, 4.69) is 5.32 Å². The molecular formula is C18H29N3O4S. The molecule has 1 aliphatic rings. The summed E-state index contributed by atoms with van der Waals surface area (Å²) in [5, 5.41) is 3.21. The molecule has 8 heteroatoms. The second kappa shape index (κ2) is 10.0. The van der Waals surface area contributed by atoms with Crippen molar-refractivity contribution in [2.75, 3.05) is 53.0 Å². The normalized spacial score (nSPS) is 15.4. The molecule has 1 aromatic carbocycles. The van der Waals surface area contributed by atoms with Crippen LogP contribution in [0.15, 0.2) is 29.2 Å². The van der Waals surface area contributed by atoms with E-state index in [4.69, 9.17) is 4.74 Å². The molecular weight excluding hydrogens is 354 g/mol. The Hall–Kier alpha value is -1.48. The topological polar surface area (TPSA) is 79.0 Å². The molecule has 0 saturated carbocycles. The van der Waals surface area contributed by atoms with E-state index >= 15 is 0 Å². The first-order valence-corrected chi connectivity index (χ1v) is 10.4. The number of sulfonamides is 1. The maximum atomic E-state index is 13.1. The molecule has 0 atom stereocenters. The van der Waals surface area contributed by atoms with Crippen molar-refractivity contribution in [2.45, 2.75) is 24.7 Å². The van der Waals surface area contributed by atoms with Crippen molar-refractivity contribution in [3.63, 3.8) is 0 Å². The van der Waals surface area contributed by atoms with Crippen LogP contribution in [0.25, 0.3) is 0 Å². The zero-order valence-electron chi connectivity index (χ0n) is 15.6. The molecule has 1 aromatic rings. The first-order chi connectivity index (χ1) is 12.5. The number of hydrogen-bond donors (Lipinski definition) is 1. The lowest BCUT2D eigenvalue weighted by Crippen LogP contribution is -2.47. The van der Waals surface area contributed by atoms with Crippen molar-refractivity contribution in [3.8, 4) is 0 Å². The van der Waals surface area contributed by atoms with E-state index in [1.54, 1.807) is 37.1 Å². The second-order valence-corrected chi connectivity index (χ2v) is 8.30. The Labute approximate surface area is 156 Å². The molecule has 0 spiro atoms. The highest BCUT2D eigenvalue weighted by Crippen LogP contribution is 2.20. The van der Waals surface area contributed by atoms with Gasteiger partial charge in [-0.2, -0.15) is 4.31 Å². The first-order valence-electron chi connectivity index (χ1n) is 9.00. The molecule has 26 heavy (non-hydrogen) atoms. The van der Waals surface area contributed by atoms with Crippen LogP contribution in [0.5, 0.6) is 0 Å². The van der Waals surface area contributed by atoms with Crippen molar-refractivity contribution >= 4 is 15.9 Å². The number of piperazine rings is 1. The summed E-state index contributed by atoms with van der Waals surface area (Å²) in [4.78, 5) is 14.5. The van der Waals surface area contributed by atoms with Gasteiger partial charge in [0.25, 0.3) is 0 Å². The Morgan fingerprint density at radius 3 is 2.58 bits per heavy atom. The number of nitrogens with one attached hydrogen (secondary N) is 1. The van der Waals surface area contributed by atoms with E-state index < -0.39 is 10.0 Å². The van der Waals surface area contributed by atoms with Gasteiger partial charge in [0.1, 0.15) is 0 Å². The fourth-order valence-corrected chi connectivity index (χ4v) is 4.72. The van der Waals surface area contributed by atoms with E-state index in [0.29, 0.717) is 43.1 Å². The van der Waals surface area contributed by atoms with E-state index in [1.807, 2.05) is 6.07 Å². The standard InChI is InChI=1S/C18H29N3O4S/c1-16-6-3-4-7-17(16)26(23,24)21(11-5-15-25-2)12-8-18(22)20-13-9-19-10-14-20/h3-4,6-7,19H,5,8-15H2,1-2H3. The number of amides is 1. The second-order valence-electron chi connectivity index (χ2n) is 6.40. The minimum absolute atomic E-state index is 0.00299. The Morgan fingerprint density at radius 1 is 1.23 bits per heavy atom. The van der Waals surface area contributed by atoms with Crippen LogP contribution in [-0.2, 0) is 19.6 Å². The molecule has 1 fully saturated rings. The number of carbonyl (C=O) groups is 1. The molecule has 1 amide bonds. The van der Waals surface area contributed by atoms with Crippen molar-refractivity contribution in [1.29, 1.82) is 0 Å². The van der Waals surface area contributed by atoms with Crippen LogP contribution < -0.4 is 5.32 Å². The van der Waals surface area contributed by atoms with Gasteiger partial charge in [-0.15, -0.1) is 0 Å². The van der Waals surface area contributed by atoms with Crippen LogP contribution in [0.3, 0.4) is 0 Å². The van der Waals surface area contributed by atoms with Gasteiger partial charge in [-0.3, -0.25) is 4.79 Å². The van der Waals surface area contributed by atoms with E-state index in [9.17, 15) is 13.2 Å². The van der Waals surface area contributed by atoms with Crippen LogP contribution in [0.2, 0.25) is 0 Å². The average molecular weight is 384 g/mol. The van der Waals surface area contributed by atoms with Gasteiger partial charge in [0.05, 0.1) is 4.90 Å². The zero-order valence-corrected chi connectivity index (χ0v) is 16.4. The molecule has 0 aromatic heterocycles. The molecule has 2 rings (SSSR count). The molecule has 1 N–H and O–H groups in total. The third-order valence-electron chi connectivity index (χ3n) is 4.51. The molecule has 1 saturated heterocycles. The molecule has 0 aliphatic carbocycles. The average Bonchev–Trinajstić information content (AvgIpc) is 2.65. The van der Waals surface area contributed by atoms with Crippen LogP contribution in [0.4, 0.5) is 0 Å². The summed E-state index contributed by atoms with van der Waals surface area (Å²) in [5.41, 5.74) is 0.706. The van der Waals surface area contributed by atoms with Gasteiger partial charge >= 0.3 is 0 Å². The van der Waals surface area contributed by atoms with Crippen LogP contribution in [0, 0.1) is 6.92 Å². The summed E-state index contributed by atoms with van der Waals surface area (Å²) in [6.07, 6.45) is 0.779. The van der Waals surface area contributed by atoms with E-state index in [-0.39, 0.29) is 18.9 Å². The third-order valence-corrected chi connectivity index (χ3v) is 6.57. The fraction of sp³-hybridized carbons (Fsp3) is 0.611. The summed E-state index contributed by atoms with van der Waals surface area (Å²) < 4.78 is 32.6. The summed E-state index contributed by atoms with van der Waals surface area (Å²) in [5.74, 6) is 0.00299. The molecule has 0 radical (unpaired) electrons. The Morgan fingerprint density at radius 2 is 1.92 bits per heavy atom. The number of rotatable bonds is 9. The van der Waals surface area contributed by atoms with Gasteiger partial charge in [0.2, 0.25) is 15.9 Å². The lowest BCUT2D eigenvalue weighted by Gasteiger charge is -2.29. The Kier molecular flexibility index (Phi) is 8.02. The summed E-state index contributed by atoms with van der Waals surface area (Å²) in [6.45, 7) is 5.69. The highest BCUT2D eigenvalue weighted by atomic mass is 32.2. The molecule has 1 aliphatic heterocycles. The lowest BCUT2D eigenvalue weighted by molar-refractivity contribution is -0.131. The monoisotopic (exact) mass is 383 g/mol. The van der Waals surface area contributed by atoms with Crippen LogP contribution in [0.1, 0.15) is 18.4 Å². The van der Waals surface area contributed by atoms with Gasteiger partial charge in [0.15, 0.2) is 0 Å². The van der Waals surface area contributed by atoms with Gasteiger partial charge in [-0.25, -0.2) is 8.42 Å². The minimum Gasteiger partial charge on any atom is -0.385 e. The number of ether oxygens (including phenoxy) is 1. The summed E-state index contributed by atoms with van der Waals surface area (Å²) in [7, 11) is -2.05. The third kappa shape index (κ3) is 5.51. The van der Waals surface area contributed by atoms with Gasteiger partial charge < -0.3 is 15.0 Å². The fourth-order valence-electron chi connectivity index (χ4n) is 3.02. The van der Waals surface area contributed by atoms with Crippen molar-refractivity contribution in [3.05, 3.63) is 29.8 Å². The van der Waals surface area contributed by atoms with E-state index in [1.165, 1.54) is 4.31 Å². The lowest BCUT2D eigenvalue weighted by atomic mass is 10.2. The highest BCUT2D eigenvalue weighted by Gasteiger charge is 2.27. The number of hydrogen-bond acceptors (Lipinski definition) is 5. The van der Waals surface area contributed by atoms with Gasteiger partial charge in [-0.05, 0) is 25.0 Å². The molecule has 0 unspecified atom stereocenters. The molecule has 7 nitrogen and oxygen atoms in total. The van der Waals surface area contributed by atoms with Crippen LogP contribution >= 0.6 is 0 Å². The number of aryl methyl sites for hydroxylation is 1. The predicted octanol–water partition coefficient (Wildman–Crippen LogP) is 0.844. The van der Waals surface area contributed by atoms with Gasteiger partial charge in [0, 0.05) is 59.4 Å². The minimum atomic E-state index is -3.64. The predicted molar refractivity (Wildman–Crippen MR) is 100 cm³/mol. The maximum absolute atomic E-state index is 13.1. The van der Waals surface area contributed by atoms with E-state index in [0.717, 1.165) is 13.1 Å². The SMILES string of the molecule is COCCCN(CCC(=O)N1CCNCC1)S(=O)(=O)c1ccccc1C. The quantitative estimate of drug-likeness (QED) is 0.640. The van der Waals surface area contributed by atoms with Crippen LogP contribution in [-0.4, -0.2) is 76.5 Å². The highest BCUT2D eigenvalue weighted by molar-refractivity contribution is 7.89. The molecule has 146 valence electrons. The number of methoxy groups -OCH3 is 1. The zero-order chi connectivity index (χ0) is 19.0. The van der Waals surface area contributed by atoms with Gasteiger partial charge in [-0.1, -0.05) is 18.2 Å². The summed E-state index contributed by atoms with van der Waals surface area (Å²) >= 11 is 0. The Balaban J connectivity index is 2.09. The number of nitrogens with zero attached hydrogens (tertiary/aromatic N) is 2. The molecule has 1 heterocycles. The number of carbonyl (C=O) groups excluding carboxylic acids is 1. The van der Waals surface area contributed by atoms with Crippen molar-refractivity contribution < 1.29 is 17.9 Å². The maximum Gasteiger partial charge on any atom is 0.243 e. The van der Waals surface area contributed by atoms with Crippen molar-refractivity contribution in [2.24, 2.45) is 0 Å². The largest absolute Gasteiger partial charge is 0.385 e. The summed E-state index contributed by atoms with van der Waals surface area (Å²) in [6, 6.07) is 6.94.